The fraction of sp³-hybridized carbons (Fsp3) is 0.417. The van der Waals surface area contributed by atoms with Crippen molar-refractivity contribution in [3.8, 4) is 5.69 Å². The summed E-state index contributed by atoms with van der Waals surface area (Å²) < 4.78 is 2.19. The minimum absolute atomic E-state index is 0. The van der Waals surface area contributed by atoms with Gasteiger partial charge in [-0.2, -0.15) is 0 Å². The van der Waals surface area contributed by atoms with E-state index >= 15 is 0 Å². The Labute approximate surface area is 183 Å². The number of imidazole rings is 1. The van der Waals surface area contributed by atoms with Crippen molar-refractivity contribution in [2.45, 2.75) is 32.1 Å². The Balaban J connectivity index is 0.00000218. The lowest BCUT2D eigenvalue weighted by Gasteiger charge is -2.39. The van der Waals surface area contributed by atoms with E-state index in [4.69, 9.17) is 4.98 Å². The fourth-order valence-electron chi connectivity index (χ4n) is 4.94. The van der Waals surface area contributed by atoms with Crippen LogP contribution in [0.2, 0.25) is 0 Å². The topological polar surface area (TPSA) is 50.2 Å². The van der Waals surface area contributed by atoms with E-state index < -0.39 is 0 Å². The molecule has 0 atom stereocenters. The number of nitrogens with zero attached hydrogens (tertiary/aromatic N) is 3. The molecule has 158 valence electrons. The van der Waals surface area contributed by atoms with E-state index in [2.05, 4.69) is 33.0 Å². The van der Waals surface area contributed by atoms with Gasteiger partial charge in [-0.3, -0.25) is 9.36 Å². The first kappa shape index (κ1) is 20.9. The number of benzene rings is 2. The maximum absolute atomic E-state index is 12.9. The molecule has 3 aromatic rings. The van der Waals surface area contributed by atoms with E-state index in [0.717, 1.165) is 61.6 Å². The van der Waals surface area contributed by atoms with E-state index in [9.17, 15) is 4.79 Å². The van der Waals surface area contributed by atoms with Crippen LogP contribution in [0, 0.1) is 5.41 Å². The fourth-order valence-corrected chi connectivity index (χ4v) is 4.94. The highest BCUT2D eigenvalue weighted by atomic mass is 35.5. The van der Waals surface area contributed by atoms with Crippen molar-refractivity contribution >= 4 is 29.3 Å². The van der Waals surface area contributed by atoms with E-state index in [-0.39, 0.29) is 18.3 Å². The van der Waals surface area contributed by atoms with Gasteiger partial charge in [-0.1, -0.05) is 30.3 Å². The number of carbonyl (C=O) groups is 1. The molecule has 2 saturated heterocycles. The van der Waals surface area contributed by atoms with Gasteiger partial charge < -0.3 is 10.2 Å². The van der Waals surface area contributed by atoms with Crippen LogP contribution in [-0.4, -0.2) is 46.5 Å². The van der Waals surface area contributed by atoms with Crippen LogP contribution >= 0.6 is 12.4 Å². The van der Waals surface area contributed by atoms with Crippen LogP contribution in [0.5, 0.6) is 0 Å². The molecule has 3 heterocycles. The van der Waals surface area contributed by atoms with Crippen molar-refractivity contribution in [3.63, 3.8) is 0 Å². The number of para-hydroxylation sites is 3. The molecule has 0 saturated carbocycles. The van der Waals surface area contributed by atoms with Gasteiger partial charge in [-0.15, -0.1) is 12.4 Å². The van der Waals surface area contributed by atoms with Crippen molar-refractivity contribution in [2.24, 2.45) is 5.41 Å². The molecule has 0 aliphatic carbocycles. The predicted molar refractivity (Wildman–Crippen MR) is 122 cm³/mol. The van der Waals surface area contributed by atoms with Crippen molar-refractivity contribution in [1.29, 1.82) is 0 Å². The zero-order valence-corrected chi connectivity index (χ0v) is 18.0. The van der Waals surface area contributed by atoms with Gasteiger partial charge in [-0.25, -0.2) is 4.98 Å². The van der Waals surface area contributed by atoms with Crippen molar-refractivity contribution in [2.75, 3.05) is 26.2 Å². The molecule has 2 aliphatic rings. The van der Waals surface area contributed by atoms with Gasteiger partial charge in [0.05, 0.1) is 11.0 Å². The van der Waals surface area contributed by atoms with Crippen LogP contribution in [0.15, 0.2) is 54.6 Å². The van der Waals surface area contributed by atoms with Gasteiger partial charge in [0.25, 0.3) is 0 Å². The minimum atomic E-state index is 0. The third-order valence-corrected chi connectivity index (χ3v) is 6.72. The summed E-state index contributed by atoms with van der Waals surface area (Å²) in [7, 11) is 0. The Morgan fingerprint density at radius 2 is 1.73 bits per heavy atom. The molecule has 1 N–H and O–H groups in total. The van der Waals surface area contributed by atoms with Crippen LogP contribution < -0.4 is 5.32 Å². The van der Waals surface area contributed by atoms with E-state index in [0.29, 0.717) is 18.3 Å². The molecule has 1 aromatic heterocycles. The van der Waals surface area contributed by atoms with Gasteiger partial charge >= 0.3 is 0 Å². The first-order chi connectivity index (χ1) is 14.2. The summed E-state index contributed by atoms with van der Waals surface area (Å²) in [5, 5.41) is 3.49. The van der Waals surface area contributed by atoms with Crippen LogP contribution in [0.1, 0.15) is 31.5 Å². The van der Waals surface area contributed by atoms with Gasteiger partial charge in [0.15, 0.2) is 0 Å². The number of halogens is 1. The number of amides is 1. The van der Waals surface area contributed by atoms with Gasteiger partial charge in [0.1, 0.15) is 5.82 Å². The number of nitrogens with one attached hydrogen (secondary N) is 1. The monoisotopic (exact) mass is 424 g/mol. The standard InChI is InChI=1S/C24H28N4O.ClH/c29-23(27-16-13-24(14-17-27)12-15-25-18-24)11-10-22-26-20-8-4-5-9-21(20)28(22)19-6-2-1-3-7-19;/h1-9,25H,10-18H2;1H. The predicted octanol–water partition coefficient (Wildman–Crippen LogP) is 3.98. The second-order valence-electron chi connectivity index (χ2n) is 8.50. The summed E-state index contributed by atoms with van der Waals surface area (Å²) in [6, 6.07) is 18.5. The Bertz CT molecular complexity index is 1000. The molecule has 6 heteroatoms. The van der Waals surface area contributed by atoms with Crippen molar-refractivity contribution in [1.82, 2.24) is 19.8 Å². The second kappa shape index (κ2) is 8.78. The highest BCUT2D eigenvalue weighted by Crippen LogP contribution is 2.37. The van der Waals surface area contributed by atoms with Gasteiger partial charge in [-0.05, 0) is 55.5 Å². The summed E-state index contributed by atoms with van der Waals surface area (Å²) in [5.74, 6) is 1.22. The Morgan fingerprint density at radius 3 is 2.47 bits per heavy atom. The highest BCUT2D eigenvalue weighted by molar-refractivity contribution is 5.85. The summed E-state index contributed by atoms with van der Waals surface area (Å²) in [6.45, 7) is 4.05. The van der Waals surface area contributed by atoms with Crippen molar-refractivity contribution in [3.05, 3.63) is 60.4 Å². The Kier molecular flexibility index (Phi) is 6.11. The average Bonchev–Trinajstić information content (AvgIpc) is 3.37. The molecule has 5 rings (SSSR count). The van der Waals surface area contributed by atoms with Crippen LogP contribution in [0.4, 0.5) is 0 Å². The molecule has 1 spiro atoms. The summed E-state index contributed by atoms with van der Waals surface area (Å²) in [5.41, 5.74) is 3.61. The zero-order valence-electron chi connectivity index (χ0n) is 17.2. The molecular weight excluding hydrogens is 396 g/mol. The Morgan fingerprint density at radius 1 is 1.00 bits per heavy atom. The van der Waals surface area contributed by atoms with E-state index in [1.165, 1.54) is 6.42 Å². The van der Waals surface area contributed by atoms with Crippen molar-refractivity contribution < 1.29 is 4.79 Å². The summed E-state index contributed by atoms with van der Waals surface area (Å²) in [6.07, 6.45) is 4.70. The maximum atomic E-state index is 12.9. The molecule has 2 aliphatic heterocycles. The number of fused-ring (bicyclic) bond motifs is 1. The molecule has 5 nitrogen and oxygen atoms in total. The van der Waals surface area contributed by atoms with Crippen LogP contribution in [0.25, 0.3) is 16.7 Å². The third-order valence-electron chi connectivity index (χ3n) is 6.72. The first-order valence-corrected chi connectivity index (χ1v) is 10.7. The lowest BCUT2D eigenvalue weighted by molar-refractivity contribution is -0.133. The number of hydrogen-bond donors (Lipinski definition) is 1. The Hall–Kier alpha value is -2.37. The number of aromatic nitrogens is 2. The molecule has 30 heavy (non-hydrogen) atoms. The largest absolute Gasteiger partial charge is 0.343 e. The van der Waals surface area contributed by atoms with Gasteiger partial charge in [0, 0.05) is 38.2 Å². The van der Waals surface area contributed by atoms with E-state index in [1.54, 1.807) is 0 Å². The van der Waals surface area contributed by atoms with E-state index in [1.807, 2.05) is 36.4 Å². The number of carbonyl (C=O) groups excluding carboxylic acids is 1. The van der Waals surface area contributed by atoms with Gasteiger partial charge in [0.2, 0.25) is 5.91 Å². The lowest BCUT2D eigenvalue weighted by Crippen LogP contribution is -2.44. The third kappa shape index (κ3) is 3.96. The molecule has 0 radical (unpaired) electrons. The molecular formula is C24H29ClN4O. The maximum Gasteiger partial charge on any atom is 0.223 e. The molecule has 0 unspecified atom stereocenters. The number of piperidine rings is 1. The number of aryl methyl sites for hydroxylation is 1. The first-order valence-electron chi connectivity index (χ1n) is 10.7. The van der Waals surface area contributed by atoms with Crippen LogP contribution in [0.3, 0.4) is 0 Å². The molecule has 1 amide bonds. The number of hydrogen-bond acceptors (Lipinski definition) is 3. The second-order valence-corrected chi connectivity index (χ2v) is 8.50. The number of rotatable bonds is 4. The molecule has 2 aromatic carbocycles. The average molecular weight is 425 g/mol. The summed E-state index contributed by atoms with van der Waals surface area (Å²) in [4.78, 5) is 19.8. The van der Waals surface area contributed by atoms with Crippen LogP contribution in [-0.2, 0) is 11.2 Å². The SMILES string of the molecule is Cl.O=C(CCc1nc2ccccc2n1-c1ccccc1)N1CCC2(CCNC2)CC1. The number of likely N-dealkylation sites (tertiary alicyclic amines) is 1. The minimum Gasteiger partial charge on any atom is -0.343 e. The lowest BCUT2D eigenvalue weighted by atomic mass is 9.78. The summed E-state index contributed by atoms with van der Waals surface area (Å²) >= 11 is 0. The normalized spacial score (nSPS) is 17.9. The quantitative estimate of drug-likeness (QED) is 0.689. The molecule has 0 bridgehead atoms. The smallest absolute Gasteiger partial charge is 0.223 e. The highest BCUT2D eigenvalue weighted by Gasteiger charge is 2.37. The molecule has 2 fully saturated rings. The zero-order chi connectivity index (χ0) is 19.7.